The molecule has 3 heterocycles. The van der Waals surface area contributed by atoms with Gasteiger partial charge in [-0.15, -0.1) is 0 Å². The molecule has 0 aliphatic heterocycles. The van der Waals surface area contributed by atoms with E-state index in [1.165, 1.54) is 6.20 Å². The summed E-state index contributed by atoms with van der Waals surface area (Å²) in [5.41, 5.74) is 1.84. The second-order valence-electron chi connectivity index (χ2n) is 6.17. The molecule has 0 saturated heterocycles. The number of aromatic nitrogens is 4. The van der Waals surface area contributed by atoms with E-state index in [1.807, 2.05) is 17.6 Å². The van der Waals surface area contributed by atoms with Crippen LogP contribution in [0.5, 0.6) is 0 Å². The van der Waals surface area contributed by atoms with Crippen LogP contribution in [0.4, 0.5) is 11.8 Å². The van der Waals surface area contributed by atoms with Gasteiger partial charge in [-0.25, -0.2) is 15.0 Å². The van der Waals surface area contributed by atoms with Crippen LogP contribution in [0.3, 0.4) is 0 Å². The monoisotopic (exact) mass is 350 g/mol. The molecule has 1 saturated carbocycles. The van der Waals surface area contributed by atoms with E-state index in [1.54, 1.807) is 24.4 Å². The van der Waals surface area contributed by atoms with Gasteiger partial charge >= 0.3 is 0 Å². The Balaban J connectivity index is 1.55. The third kappa shape index (κ3) is 3.13. The number of amides is 2. The zero-order chi connectivity index (χ0) is 18.1. The minimum atomic E-state index is -0.320. The van der Waals surface area contributed by atoms with Crippen LogP contribution in [-0.2, 0) is 11.3 Å². The van der Waals surface area contributed by atoms with Crippen molar-refractivity contribution in [1.82, 2.24) is 19.5 Å². The summed E-state index contributed by atoms with van der Waals surface area (Å²) in [4.78, 5) is 37.3. The second-order valence-corrected chi connectivity index (χ2v) is 6.17. The van der Waals surface area contributed by atoms with E-state index in [9.17, 15) is 9.59 Å². The van der Waals surface area contributed by atoms with Crippen LogP contribution in [0, 0.1) is 5.92 Å². The first-order chi connectivity index (χ1) is 12.7. The van der Waals surface area contributed by atoms with Crippen LogP contribution in [-0.4, -0.2) is 31.3 Å². The van der Waals surface area contributed by atoms with Gasteiger partial charge in [-0.3, -0.25) is 19.5 Å². The molecule has 1 aliphatic carbocycles. The van der Waals surface area contributed by atoms with E-state index in [0.717, 1.165) is 24.0 Å². The average molecular weight is 350 g/mol. The van der Waals surface area contributed by atoms with E-state index in [-0.39, 0.29) is 17.7 Å². The number of nitrogens with zero attached hydrogens (tertiary/aromatic N) is 4. The number of nitrogens with one attached hydrogen (secondary N) is 2. The lowest BCUT2D eigenvalue weighted by molar-refractivity contribution is -0.117. The summed E-state index contributed by atoms with van der Waals surface area (Å²) in [5, 5.41) is 5.56. The first-order valence-corrected chi connectivity index (χ1v) is 8.55. The fraction of sp³-hybridized carbons (Fsp3) is 0.278. The number of fused-ring (bicyclic) bond motifs is 1. The van der Waals surface area contributed by atoms with E-state index < -0.39 is 0 Å². The number of aryl methyl sites for hydroxylation is 1. The van der Waals surface area contributed by atoms with Gasteiger partial charge < -0.3 is 5.32 Å². The van der Waals surface area contributed by atoms with E-state index >= 15 is 0 Å². The Labute approximate surface area is 149 Å². The molecule has 0 aromatic carbocycles. The highest BCUT2D eigenvalue weighted by Crippen LogP contribution is 2.30. The normalized spacial score (nSPS) is 13.6. The van der Waals surface area contributed by atoms with Crippen molar-refractivity contribution in [2.45, 2.75) is 26.3 Å². The van der Waals surface area contributed by atoms with Crippen molar-refractivity contribution in [2.24, 2.45) is 5.92 Å². The van der Waals surface area contributed by atoms with Gasteiger partial charge in [0.05, 0.1) is 0 Å². The Bertz CT molecular complexity index is 992. The summed E-state index contributed by atoms with van der Waals surface area (Å²) >= 11 is 0. The van der Waals surface area contributed by atoms with Gasteiger partial charge in [-0.1, -0.05) is 0 Å². The lowest BCUT2D eigenvalue weighted by Crippen LogP contribution is -2.18. The third-order valence-corrected chi connectivity index (χ3v) is 4.27. The van der Waals surface area contributed by atoms with Crippen molar-refractivity contribution in [3.63, 3.8) is 0 Å². The van der Waals surface area contributed by atoms with Crippen LogP contribution < -0.4 is 10.6 Å². The molecule has 2 N–H and O–H groups in total. The van der Waals surface area contributed by atoms with Crippen LogP contribution in [0.15, 0.2) is 36.7 Å². The predicted octanol–water partition coefficient (Wildman–Crippen LogP) is 2.45. The highest BCUT2D eigenvalue weighted by Gasteiger charge is 2.29. The average Bonchev–Trinajstić information content (AvgIpc) is 3.44. The fourth-order valence-corrected chi connectivity index (χ4v) is 2.74. The molecule has 3 aromatic heterocycles. The maximum Gasteiger partial charge on any atom is 0.258 e. The molecule has 26 heavy (non-hydrogen) atoms. The molecule has 0 radical (unpaired) electrons. The summed E-state index contributed by atoms with van der Waals surface area (Å²) in [6.45, 7) is 2.59. The Morgan fingerprint density at radius 1 is 1.19 bits per heavy atom. The quantitative estimate of drug-likeness (QED) is 0.736. The van der Waals surface area contributed by atoms with E-state index in [0.29, 0.717) is 23.9 Å². The first kappa shape index (κ1) is 16.2. The molecule has 2 amide bonds. The summed E-state index contributed by atoms with van der Waals surface area (Å²) in [6, 6.07) is 6.81. The largest absolute Gasteiger partial charge is 0.310 e. The molecule has 8 nitrogen and oxygen atoms in total. The maximum absolute atomic E-state index is 12.6. The molecule has 1 fully saturated rings. The molecular formula is C18H18N6O2. The van der Waals surface area contributed by atoms with E-state index in [2.05, 4.69) is 25.6 Å². The highest BCUT2D eigenvalue weighted by molar-refractivity contribution is 6.05. The summed E-state index contributed by atoms with van der Waals surface area (Å²) in [5.74, 6) is 0.520. The second kappa shape index (κ2) is 6.55. The summed E-state index contributed by atoms with van der Waals surface area (Å²) in [7, 11) is 0. The van der Waals surface area contributed by atoms with Crippen LogP contribution in [0.2, 0.25) is 0 Å². The summed E-state index contributed by atoms with van der Waals surface area (Å²) in [6.07, 6.45) is 5.02. The third-order valence-electron chi connectivity index (χ3n) is 4.27. The van der Waals surface area contributed by atoms with Crippen molar-refractivity contribution in [3.05, 3.63) is 42.2 Å². The minimum Gasteiger partial charge on any atom is -0.310 e. The number of carbonyl (C=O) groups is 2. The highest BCUT2D eigenvalue weighted by atomic mass is 16.2. The summed E-state index contributed by atoms with van der Waals surface area (Å²) < 4.78 is 1.84. The van der Waals surface area contributed by atoms with Crippen molar-refractivity contribution in [3.8, 4) is 0 Å². The van der Waals surface area contributed by atoms with Gasteiger partial charge in [0.25, 0.3) is 5.91 Å². The number of rotatable bonds is 5. The standard InChI is InChI=1S/C18H18N6O2/c1-2-24-15-13(4-3-8-20-15)21-18(24)23-17(26)12-7-9-19-14(10-12)22-16(25)11-5-6-11/h3-4,7-11H,2,5-6H2,1H3,(H,19,22,25)(H,21,23,26). The molecule has 1 aliphatic rings. The smallest absolute Gasteiger partial charge is 0.258 e. The number of carbonyl (C=O) groups excluding carboxylic acids is 2. The number of imidazole rings is 1. The molecule has 0 atom stereocenters. The Morgan fingerprint density at radius 3 is 2.81 bits per heavy atom. The van der Waals surface area contributed by atoms with Gasteiger partial charge in [-0.05, 0) is 44.0 Å². The lowest BCUT2D eigenvalue weighted by Gasteiger charge is -2.08. The zero-order valence-corrected chi connectivity index (χ0v) is 14.3. The van der Waals surface area contributed by atoms with Crippen LogP contribution >= 0.6 is 0 Å². The zero-order valence-electron chi connectivity index (χ0n) is 14.3. The van der Waals surface area contributed by atoms with Crippen molar-refractivity contribution < 1.29 is 9.59 Å². The molecular weight excluding hydrogens is 332 g/mol. The molecule has 0 bridgehead atoms. The lowest BCUT2D eigenvalue weighted by atomic mass is 10.2. The van der Waals surface area contributed by atoms with Gasteiger partial charge in [0.15, 0.2) is 5.65 Å². The maximum atomic E-state index is 12.6. The fourth-order valence-electron chi connectivity index (χ4n) is 2.74. The predicted molar refractivity (Wildman–Crippen MR) is 96.7 cm³/mol. The molecule has 8 heteroatoms. The molecule has 0 unspecified atom stereocenters. The minimum absolute atomic E-state index is 0.0473. The Kier molecular flexibility index (Phi) is 4.08. The van der Waals surface area contributed by atoms with E-state index in [4.69, 9.17) is 0 Å². The van der Waals surface area contributed by atoms with Gasteiger partial charge in [0.1, 0.15) is 11.3 Å². The van der Waals surface area contributed by atoms with Crippen LogP contribution in [0.1, 0.15) is 30.1 Å². The van der Waals surface area contributed by atoms with Crippen molar-refractivity contribution in [2.75, 3.05) is 10.6 Å². The Hall–Kier alpha value is -3.29. The van der Waals surface area contributed by atoms with Gasteiger partial charge in [0, 0.05) is 30.4 Å². The first-order valence-electron chi connectivity index (χ1n) is 8.55. The molecule has 0 spiro atoms. The van der Waals surface area contributed by atoms with Crippen molar-refractivity contribution in [1.29, 1.82) is 0 Å². The van der Waals surface area contributed by atoms with Crippen LogP contribution in [0.25, 0.3) is 11.2 Å². The molecule has 4 rings (SSSR count). The number of hydrogen-bond donors (Lipinski definition) is 2. The number of anilines is 2. The topological polar surface area (TPSA) is 102 Å². The van der Waals surface area contributed by atoms with Gasteiger partial charge in [-0.2, -0.15) is 0 Å². The van der Waals surface area contributed by atoms with Gasteiger partial charge in [0.2, 0.25) is 11.9 Å². The number of hydrogen-bond acceptors (Lipinski definition) is 5. The number of pyridine rings is 2. The molecule has 132 valence electrons. The SMILES string of the molecule is CCn1c(NC(=O)c2ccnc(NC(=O)C3CC3)c2)nc2cccnc21. The Morgan fingerprint density at radius 2 is 2.04 bits per heavy atom. The molecule has 3 aromatic rings. The van der Waals surface area contributed by atoms with Crippen molar-refractivity contribution >= 4 is 34.7 Å².